The Balaban J connectivity index is 2.09. The summed E-state index contributed by atoms with van der Waals surface area (Å²) in [5, 5.41) is 9.63. The molecule has 0 unspecified atom stereocenters. The van der Waals surface area contributed by atoms with Crippen molar-refractivity contribution in [3.63, 3.8) is 0 Å². The molecule has 18 heavy (non-hydrogen) atoms. The quantitative estimate of drug-likeness (QED) is 0.622. The number of thioether (sulfide) groups is 1. The van der Waals surface area contributed by atoms with Crippen LogP contribution >= 0.6 is 11.8 Å². The van der Waals surface area contributed by atoms with Gasteiger partial charge in [-0.05, 0) is 23.8 Å². The Labute approximate surface area is 110 Å². The summed E-state index contributed by atoms with van der Waals surface area (Å²) in [6, 6.07) is 9.43. The van der Waals surface area contributed by atoms with Crippen molar-refractivity contribution in [1.82, 2.24) is 9.97 Å². The molecular weight excluding hydrogens is 246 g/mol. The average molecular weight is 257 g/mol. The van der Waals surface area contributed by atoms with Crippen LogP contribution in [0.15, 0.2) is 41.8 Å². The van der Waals surface area contributed by atoms with E-state index >= 15 is 0 Å². The largest absolute Gasteiger partial charge is 0.495 e. The standard InChI is InChI=1S/C13H11N3OS/c1-17-12-7-10(3-4-11(12)8-14)9-18-13-15-5-2-6-16-13/h2-7H,9H2,1H3. The summed E-state index contributed by atoms with van der Waals surface area (Å²) in [4.78, 5) is 8.28. The van der Waals surface area contributed by atoms with Crippen LogP contribution in [0.1, 0.15) is 11.1 Å². The molecular formula is C13H11N3OS. The van der Waals surface area contributed by atoms with Crippen LogP contribution < -0.4 is 4.74 Å². The molecule has 0 fully saturated rings. The van der Waals surface area contributed by atoms with Crippen molar-refractivity contribution in [3.05, 3.63) is 47.8 Å². The van der Waals surface area contributed by atoms with E-state index < -0.39 is 0 Å². The SMILES string of the molecule is COc1cc(CSc2ncccn2)ccc1C#N. The minimum atomic E-state index is 0.544. The van der Waals surface area contributed by atoms with Crippen molar-refractivity contribution in [2.45, 2.75) is 10.9 Å². The third-order valence-corrected chi connectivity index (χ3v) is 3.24. The van der Waals surface area contributed by atoms with Crippen LogP contribution in [-0.4, -0.2) is 17.1 Å². The normalized spacial score (nSPS) is 9.78. The molecule has 0 amide bonds. The van der Waals surface area contributed by atoms with E-state index in [9.17, 15) is 0 Å². The van der Waals surface area contributed by atoms with Gasteiger partial charge in [-0.25, -0.2) is 9.97 Å². The fraction of sp³-hybridized carbons (Fsp3) is 0.154. The molecule has 0 radical (unpaired) electrons. The lowest BCUT2D eigenvalue weighted by Gasteiger charge is -2.05. The minimum absolute atomic E-state index is 0.544. The molecule has 0 aliphatic heterocycles. The molecule has 90 valence electrons. The zero-order chi connectivity index (χ0) is 12.8. The Hall–Kier alpha value is -2.06. The van der Waals surface area contributed by atoms with Gasteiger partial charge in [-0.15, -0.1) is 0 Å². The highest BCUT2D eigenvalue weighted by Crippen LogP contribution is 2.24. The third-order valence-electron chi connectivity index (χ3n) is 2.30. The van der Waals surface area contributed by atoms with Crippen molar-refractivity contribution < 1.29 is 4.74 Å². The second-order valence-corrected chi connectivity index (χ2v) is 4.41. The van der Waals surface area contributed by atoms with Crippen LogP contribution in [0.3, 0.4) is 0 Å². The van der Waals surface area contributed by atoms with E-state index in [1.807, 2.05) is 12.1 Å². The fourth-order valence-electron chi connectivity index (χ4n) is 1.43. The number of benzene rings is 1. The summed E-state index contributed by atoms with van der Waals surface area (Å²) in [7, 11) is 1.56. The Morgan fingerprint density at radius 1 is 1.33 bits per heavy atom. The van der Waals surface area contributed by atoms with Crippen LogP contribution in [0.5, 0.6) is 5.75 Å². The maximum Gasteiger partial charge on any atom is 0.187 e. The van der Waals surface area contributed by atoms with Gasteiger partial charge in [-0.1, -0.05) is 17.8 Å². The number of nitrogens with zero attached hydrogens (tertiary/aromatic N) is 3. The van der Waals surface area contributed by atoms with Gasteiger partial charge in [0, 0.05) is 18.1 Å². The van der Waals surface area contributed by atoms with E-state index in [-0.39, 0.29) is 0 Å². The van der Waals surface area contributed by atoms with E-state index in [1.165, 1.54) is 0 Å². The van der Waals surface area contributed by atoms with E-state index in [0.29, 0.717) is 11.3 Å². The molecule has 2 rings (SSSR count). The van der Waals surface area contributed by atoms with Gasteiger partial charge in [-0.3, -0.25) is 0 Å². The molecule has 0 spiro atoms. The van der Waals surface area contributed by atoms with Gasteiger partial charge >= 0.3 is 0 Å². The van der Waals surface area contributed by atoms with Gasteiger partial charge in [-0.2, -0.15) is 5.26 Å². The average Bonchev–Trinajstić information content (AvgIpc) is 2.45. The summed E-state index contributed by atoms with van der Waals surface area (Å²) < 4.78 is 5.17. The van der Waals surface area contributed by atoms with Crippen molar-refractivity contribution in [2.24, 2.45) is 0 Å². The summed E-state index contributed by atoms with van der Waals surface area (Å²) in [5.74, 6) is 1.34. The molecule has 0 saturated heterocycles. The summed E-state index contributed by atoms with van der Waals surface area (Å²) in [6.45, 7) is 0. The zero-order valence-electron chi connectivity index (χ0n) is 9.83. The monoisotopic (exact) mass is 257 g/mol. The minimum Gasteiger partial charge on any atom is -0.495 e. The first-order chi connectivity index (χ1) is 8.83. The molecule has 0 aliphatic rings. The van der Waals surface area contributed by atoms with Gasteiger partial charge in [0.1, 0.15) is 11.8 Å². The van der Waals surface area contributed by atoms with E-state index in [2.05, 4.69) is 16.0 Å². The smallest absolute Gasteiger partial charge is 0.187 e. The third kappa shape index (κ3) is 2.99. The molecule has 5 heteroatoms. The first-order valence-corrected chi connectivity index (χ1v) is 6.29. The molecule has 1 aromatic heterocycles. The van der Waals surface area contributed by atoms with Crippen molar-refractivity contribution in [3.8, 4) is 11.8 Å². The number of aromatic nitrogens is 2. The molecule has 4 nitrogen and oxygen atoms in total. The van der Waals surface area contributed by atoms with Gasteiger partial charge in [0.15, 0.2) is 5.16 Å². The Morgan fingerprint density at radius 3 is 2.78 bits per heavy atom. The highest BCUT2D eigenvalue weighted by atomic mass is 32.2. The van der Waals surface area contributed by atoms with Crippen LogP contribution in [0.2, 0.25) is 0 Å². The molecule has 1 aromatic carbocycles. The Kier molecular flexibility index (Phi) is 4.15. The van der Waals surface area contributed by atoms with Crippen molar-refractivity contribution in [1.29, 1.82) is 5.26 Å². The first-order valence-electron chi connectivity index (χ1n) is 5.30. The Morgan fingerprint density at radius 2 is 2.11 bits per heavy atom. The number of ether oxygens (including phenoxy) is 1. The van der Waals surface area contributed by atoms with E-state index in [0.717, 1.165) is 16.5 Å². The lowest BCUT2D eigenvalue weighted by Crippen LogP contribution is -1.91. The van der Waals surface area contributed by atoms with Crippen molar-refractivity contribution in [2.75, 3.05) is 7.11 Å². The van der Waals surface area contributed by atoms with E-state index in [1.54, 1.807) is 43.4 Å². The van der Waals surface area contributed by atoms with E-state index in [4.69, 9.17) is 10.00 Å². The molecule has 0 N–H and O–H groups in total. The maximum absolute atomic E-state index is 8.89. The number of rotatable bonds is 4. The number of hydrogen-bond donors (Lipinski definition) is 0. The molecule has 1 heterocycles. The predicted octanol–water partition coefficient (Wildman–Crippen LogP) is 2.65. The number of methoxy groups -OCH3 is 1. The summed E-state index contributed by atoms with van der Waals surface area (Å²) in [5.41, 5.74) is 1.62. The topological polar surface area (TPSA) is 58.8 Å². The summed E-state index contributed by atoms with van der Waals surface area (Å²) >= 11 is 1.55. The number of nitriles is 1. The fourth-order valence-corrected chi connectivity index (χ4v) is 2.17. The van der Waals surface area contributed by atoms with Crippen LogP contribution in [0.4, 0.5) is 0 Å². The lowest BCUT2D eigenvalue weighted by molar-refractivity contribution is 0.413. The maximum atomic E-state index is 8.89. The highest BCUT2D eigenvalue weighted by molar-refractivity contribution is 7.98. The first kappa shape index (κ1) is 12.4. The second kappa shape index (κ2) is 6.03. The van der Waals surface area contributed by atoms with Gasteiger partial charge in [0.2, 0.25) is 0 Å². The van der Waals surface area contributed by atoms with Crippen LogP contribution in [0.25, 0.3) is 0 Å². The van der Waals surface area contributed by atoms with Gasteiger partial charge in [0.05, 0.1) is 12.7 Å². The van der Waals surface area contributed by atoms with Crippen LogP contribution in [-0.2, 0) is 5.75 Å². The highest BCUT2D eigenvalue weighted by Gasteiger charge is 2.04. The molecule has 2 aromatic rings. The molecule has 0 bridgehead atoms. The second-order valence-electron chi connectivity index (χ2n) is 3.47. The summed E-state index contributed by atoms with van der Waals surface area (Å²) in [6.07, 6.45) is 3.43. The van der Waals surface area contributed by atoms with Gasteiger partial charge < -0.3 is 4.74 Å². The van der Waals surface area contributed by atoms with Crippen molar-refractivity contribution >= 4 is 11.8 Å². The number of hydrogen-bond acceptors (Lipinski definition) is 5. The predicted molar refractivity (Wildman–Crippen MR) is 69.3 cm³/mol. The zero-order valence-corrected chi connectivity index (χ0v) is 10.6. The molecule has 0 saturated carbocycles. The molecule has 0 aliphatic carbocycles. The molecule has 0 atom stereocenters. The Bertz CT molecular complexity index is 566. The lowest BCUT2D eigenvalue weighted by atomic mass is 10.1. The van der Waals surface area contributed by atoms with Crippen LogP contribution in [0, 0.1) is 11.3 Å². The van der Waals surface area contributed by atoms with Gasteiger partial charge in [0.25, 0.3) is 0 Å².